The minimum Gasteiger partial charge on any atom is -0.313 e. The van der Waals surface area contributed by atoms with Gasteiger partial charge in [0.1, 0.15) is 0 Å². The van der Waals surface area contributed by atoms with Crippen molar-refractivity contribution in [2.45, 2.75) is 0 Å². The molecule has 1 saturated heterocycles. The Morgan fingerprint density at radius 3 is 3.11 bits per heavy atom. The molecule has 0 N–H and O–H groups in total. The number of hydrogen-bond donors (Lipinski definition) is 0. The van der Waals surface area contributed by atoms with Crippen molar-refractivity contribution < 1.29 is 9.29 Å². The van der Waals surface area contributed by atoms with Crippen molar-refractivity contribution in [2.75, 3.05) is 32.2 Å². The zero-order valence-corrected chi connectivity index (χ0v) is 6.02. The van der Waals surface area contributed by atoms with E-state index in [0.717, 1.165) is 19.0 Å². The van der Waals surface area contributed by atoms with E-state index in [9.17, 15) is 5.11 Å². The molecule has 1 fully saturated rings. The highest BCUT2D eigenvalue weighted by atomic mass is 32.2. The van der Waals surface area contributed by atoms with Gasteiger partial charge in [0.15, 0.2) is 0 Å². The van der Waals surface area contributed by atoms with Crippen LogP contribution in [-0.2, 0) is 9.29 Å². The molecule has 4 heteroatoms. The molecular formula is C5H10NO2S. The van der Waals surface area contributed by atoms with Gasteiger partial charge in [0.05, 0.1) is 19.1 Å². The Kier molecular flexibility index (Phi) is 3.35. The average Bonchev–Trinajstić information content (AvgIpc) is 1.91. The van der Waals surface area contributed by atoms with Gasteiger partial charge in [-0.15, -0.1) is 0 Å². The number of nitrogens with zero attached hydrogens (tertiary/aromatic N) is 1. The van der Waals surface area contributed by atoms with E-state index in [2.05, 4.69) is 4.90 Å². The van der Waals surface area contributed by atoms with Gasteiger partial charge in [-0.1, -0.05) is 0 Å². The Balaban J connectivity index is 2.08. The zero-order valence-electron chi connectivity index (χ0n) is 5.21. The highest BCUT2D eigenvalue weighted by Crippen LogP contribution is 2.10. The minimum atomic E-state index is 0.000556. The lowest BCUT2D eigenvalue weighted by molar-refractivity contribution is 0.134. The molecule has 9 heavy (non-hydrogen) atoms. The number of hydrogen-bond acceptors (Lipinski definition) is 3. The highest BCUT2D eigenvalue weighted by molar-refractivity contribution is 7.94. The maximum atomic E-state index is 10.1. The van der Waals surface area contributed by atoms with Gasteiger partial charge < -0.3 is 4.18 Å². The van der Waals surface area contributed by atoms with Gasteiger partial charge in [-0.05, 0) is 0 Å². The van der Waals surface area contributed by atoms with Crippen LogP contribution in [0.2, 0.25) is 0 Å². The molecule has 0 saturated carbocycles. The van der Waals surface area contributed by atoms with Crippen molar-refractivity contribution in [1.29, 1.82) is 0 Å². The second-order valence-electron chi connectivity index (χ2n) is 1.89. The van der Waals surface area contributed by atoms with Crippen LogP contribution in [0.1, 0.15) is 0 Å². The SMILES string of the molecule is [O]CCN1CCOSC1. The monoisotopic (exact) mass is 148 g/mol. The average molecular weight is 148 g/mol. The topological polar surface area (TPSA) is 32.4 Å². The summed E-state index contributed by atoms with van der Waals surface area (Å²) in [7, 11) is 0. The first-order valence-corrected chi connectivity index (χ1v) is 3.89. The van der Waals surface area contributed by atoms with Gasteiger partial charge in [0, 0.05) is 25.1 Å². The van der Waals surface area contributed by atoms with Gasteiger partial charge in [-0.25, -0.2) is 5.11 Å². The summed E-state index contributed by atoms with van der Waals surface area (Å²) in [6, 6.07) is 0. The molecule has 0 atom stereocenters. The first-order chi connectivity index (χ1) is 4.43. The van der Waals surface area contributed by atoms with Crippen LogP contribution in [0, 0.1) is 0 Å². The first-order valence-electron chi connectivity index (χ1n) is 2.98. The van der Waals surface area contributed by atoms with E-state index >= 15 is 0 Å². The van der Waals surface area contributed by atoms with E-state index in [1.807, 2.05) is 0 Å². The predicted molar refractivity (Wildman–Crippen MR) is 35.5 cm³/mol. The molecule has 1 radical (unpaired) electrons. The van der Waals surface area contributed by atoms with Crippen LogP contribution in [0.25, 0.3) is 0 Å². The fraction of sp³-hybridized carbons (Fsp3) is 1.00. The molecule has 1 aliphatic rings. The maximum absolute atomic E-state index is 10.1. The Labute approximate surface area is 59.2 Å². The van der Waals surface area contributed by atoms with Crippen molar-refractivity contribution in [3.8, 4) is 0 Å². The van der Waals surface area contributed by atoms with E-state index in [4.69, 9.17) is 4.18 Å². The second-order valence-corrected chi connectivity index (χ2v) is 2.62. The van der Waals surface area contributed by atoms with Crippen LogP contribution in [-0.4, -0.2) is 37.1 Å². The molecule has 0 aliphatic carbocycles. The normalized spacial score (nSPS) is 22.3. The molecule has 0 spiro atoms. The summed E-state index contributed by atoms with van der Waals surface area (Å²) >= 11 is 1.43. The maximum Gasteiger partial charge on any atom is 0.0949 e. The van der Waals surface area contributed by atoms with Crippen molar-refractivity contribution in [2.24, 2.45) is 0 Å². The Hall–Kier alpha value is 0.230. The van der Waals surface area contributed by atoms with Crippen LogP contribution in [0.5, 0.6) is 0 Å². The zero-order chi connectivity index (χ0) is 6.53. The van der Waals surface area contributed by atoms with Crippen molar-refractivity contribution in [1.82, 2.24) is 4.90 Å². The summed E-state index contributed by atoms with van der Waals surface area (Å²) in [4.78, 5) is 2.10. The molecule has 0 amide bonds. The van der Waals surface area contributed by atoms with E-state index in [0.29, 0.717) is 6.54 Å². The van der Waals surface area contributed by atoms with Gasteiger partial charge in [-0.2, -0.15) is 0 Å². The van der Waals surface area contributed by atoms with E-state index in [-0.39, 0.29) is 6.61 Å². The standard InChI is InChI=1S/C5H10NO2S/c7-3-1-6-2-4-8-9-5-6/h1-5H2. The van der Waals surface area contributed by atoms with Crippen LogP contribution < -0.4 is 0 Å². The lowest BCUT2D eigenvalue weighted by atomic mass is 10.5. The molecule has 0 bridgehead atoms. The Morgan fingerprint density at radius 1 is 1.67 bits per heavy atom. The molecule has 0 unspecified atom stereocenters. The summed E-state index contributed by atoms with van der Waals surface area (Å²) in [5, 5.41) is 10.1. The second kappa shape index (κ2) is 4.11. The molecule has 3 nitrogen and oxygen atoms in total. The quantitative estimate of drug-likeness (QED) is 0.530. The molecule has 0 aromatic carbocycles. The highest BCUT2D eigenvalue weighted by Gasteiger charge is 2.09. The largest absolute Gasteiger partial charge is 0.313 e. The number of rotatable bonds is 2. The molecule has 1 aliphatic heterocycles. The third kappa shape index (κ3) is 2.53. The van der Waals surface area contributed by atoms with Crippen molar-refractivity contribution >= 4 is 12.0 Å². The van der Waals surface area contributed by atoms with Crippen LogP contribution in [0.4, 0.5) is 0 Å². The Bertz CT molecular complexity index is 72.6. The predicted octanol–water partition coefficient (Wildman–Crippen LogP) is 0.355. The third-order valence-electron chi connectivity index (χ3n) is 1.22. The summed E-state index contributed by atoms with van der Waals surface area (Å²) < 4.78 is 5.02. The van der Waals surface area contributed by atoms with Gasteiger partial charge >= 0.3 is 0 Å². The van der Waals surface area contributed by atoms with Crippen LogP contribution in [0.15, 0.2) is 0 Å². The smallest absolute Gasteiger partial charge is 0.0949 e. The molecule has 0 aromatic heterocycles. The molecule has 53 valence electrons. The minimum absolute atomic E-state index is 0.000556. The third-order valence-corrected chi connectivity index (χ3v) is 2.02. The van der Waals surface area contributed by atoms with Crippen molar-refractivity contribution in [3.05, 3.63) is 0 Å². The van der Waals surface area contributed by atoms with E-state index in [1.165, 1.54) is 12.0 Å². The molecule has 0 aromatic rings. The van der Waals surface area contributed by atoms with E-state index < -0.39 is 0 Å². The van der Waals surface area contributed by atoms with Crippen LogP contribution >= 0.6 is 12.0 Å². The van der Waals surface area contributed by atoms with Crippen LogP contribution in [0.3, 0.4) is 0 Å². The lowest BCUT2D eigenvalue weighted by Gasteiger charge is -2.23. The summed E-state index contributed by atoms with van der Waals surface area (Å²) in [6.07, 6.45) is 0. The first kappa shape index (κ1) is 7.34. The fourth-order valence-electron chi connectivity index (χ4n) is 0.707. The van der Waals surface area contributed by atoms with Gasteiger partial charge in [0.25, 0.3) is 0 Å². The lowest BCUT2D eigenvalue weighted by Crippen LogP contribution is -2.32. The fourth-order valence-corrected chi connectivity index (χ4v) is 1.38. The summed E-state index contributed by atoms with van der Waals surface area (Å²) in [6.45, 7) is 2.33. The van der Waals surface area contributed by atoms with E-state index in [1.54, 1.807) is 0 Å². The van der Waals surface area contributed by atoms with Gasteiger partial charge in [0.2, 0.25) is 0 Å². The van der Waals surface area contributed by atoms with Gasteiger partial charge in [-0.3, -0.25) is 4.90 Å². The van der Waals surface area contributed by atoms with Crippen molar-refractivity contribution in [3.63, 3.8) is 0 Å². The summed E-state index contributed by atoms with van der Waals surface area (Å²) in [5.74, 6) is 0.849. The molecule has 1 rings (SSSR count). The summed E-state index contributed by atoms with van der Waals surface area (Å²) in [5.41, 5.74) is 0. The molecule has 1 heterocycles. The Morgan fingerprint density at radius 2 is 2.56 bits per heavy atom. The molecular weight excluding hydrogens is 138 g/mol.